The normalized spacial score (nSPS) is 13.7. The molecule has 0 aromatic carbocycles. The van der Waals surface area contributed by atoms with E-state index in [1.54, 1.807) is 0 Å². The second-order valence-electron chi connectivity index (χ2n) is 6.24. The van der Waals surface area contributed by atoms with E-state index in [0.717, 1.165) is 44.9 Å². The van der Waals surface area contributed by atoms with Crippen molar-refractivity contribution in [3.05, 3.63) is 60.8 Å². The molecular formula is C23H37NO3. The van der Waals surface area contributed by atoms with Crippen LogP contribution in [0, 0.1) is 0 Å². The number of aliphatic hydroxyl groups is 2. The van der Waals surface area contributed by atoms with E-state index in [-0.39, 0.29) is 19.1 Å². The van der Waals surface area contributed by atoms with Crippen LogP contribution in [0.25, 0.3) is 0 Å². The molecule has 4 nitrogen and oxygen atoms in total. The Bertz CT molecular complexity index is 490. The zero-order chi connectivity index (χ0) is 20.0. The van der Waals surface area contributed by atoms with Gasteiger partial charge in [-0.3, -0.25) is 4.79 Å². The van der Waals surface area contributed by atoms with E-state index in [4.69, 9.17) is 10.2 Å². The van der Waals surface area contributed by atoms with Gasteiger partial charge in [-0.15, -0.1) is 0 Å². The zero-order valence-electron chi connectivity index (χ0n) is 16.7. The molecule has 0 fully saturated rings. The summed E-state index contributed by atoms with van der Waals surface area (Å²) in [7, 11) is 0. The summed E-state index contributed by atoms with van der Waals surface area (Å²) >= 11 is 0. The molecule has 1 amide bonds. The lowest BCUT2D eigenvalue weighted by Crippen LogP contribution is -2.33. The summed E-state index contributed by atoms with van der Waals surface area (Å²) in [5.41, 5.74) is 0. The van der Waals surface area contributed by atoms with Crippen molar-refractivity contribution in [2.45, 2.75) is 64.4 Å². The fourth-order valence-electron chi connectivity index (χ4n) is 2.13. The Morgan fingerprint density at radius 1 is 0.852 bits per heavy atom. The molecule has 0 aliphatic rings. The smallest absolute Gasteiger partial charge is 0.220 e. The van der Waals surface area contributed by atoms with Crippen LogP contribution in [0.3, 0.4) is 0 Å². The van der Waals surface area contributed by atoms with Gasteiger partial charge in [0.2, 0.25) is 5.91 Å². The van der Waals surface area contributed by atoms with Crippen molar-refractivity contribution in [1.82, 2.24) is 5.32 Å². The van der Waals surface area contributed by atoms with Crippen LogP contribution < -0.4 is 5.32 Å². The highest BCUT2D eigenvalue weighted by Gasteiger charge is 2.04. The van der Waals surface area contributed by atoms with Gasteiger partial charge in [-0.2, -0.15) is 0 Å². The SMILES string of the molecule is CC/C=C\C/C=C\C/C=C\C/C=C\C/C=C\CCCC(=O)NCC(O)CO. The number of amides is 1. The highest BCUT2D eigenvalue weighted by molar-refractivity contribution is 5.75. The van der Waals surface area contributed by atoms with Gasteiger partial charge in [-0.25, -0.2) is 0 Å². The van der Waals surface area contributed by atoms with Crippen LogP contribution in [-0.2, 0) is 4.79 Å². The van der Waals surface area contributed by atoms with Crippen LogP contribution in [0.1, 0.15) is 58.3 Å². The summed E-state index contributed by atoms with van der Waals surface area (Å²) in [5, 5.41) is 20.4. The number of hydrogen-bond donors (Lipinski definition) is 3. The molecule has 0 aromatic rings. The molecule has 0 radical (unpaired) electrons. The average Bonchev–Trinajstić information content (AvgIpc) is 2.68. The summed E-state index contributed by atoms with van der Waals surface area (Å²) in [6.45, 7) is 1.92. The minimum absolute atomic E-state index is 0.0881. The van der Waals surface area contributed by atoms with Gasteiger partial charge in [0.05, 0.1) is 12.7 Å². The van der Waals surface area contributed by atoms with Gasteiger partial charge < -0.3 is 15.5 Å². The van der Waals surface area contributed by atoms with E-state index >= 15 is 0 Å². The Hall–Kier alpha value is -1.91. The number of hydrogen-bond acceptors (Lipinski definition) is 3. The number of aliphatic hydroxyl groups excluding tert-OH is 2. The Balaban J connectivity index is 3.53. The largest absolute Gasteiger partial charge is 0.394 e. The number of rotatable bonds is 16. The second-order valence-corrected chi connectivity index (χ2v) is 6.24. The van der Waals surface area contributed by atoms with Crippen molar-refractivity contribution in [1.29, 1.82) is 0 Å². The minimum Gasteiger partial charge on any atom is -0.394 e. The maximum absolute atomic E-state index is 11.5. The first kappa shape index (κ1) is 25.1. The highest BCUT2D eigenvalue weighted by Crippen LogP contribution is 1.99. The fraction of sp³-hybridized carbons (Fsp3) is 0.522. The lowest BCUT2D eigenvalue weighted by Gasteiger charge is -2.08. The van der Waals surface area contributed by atoms with Crippen LogP contribution in [0.4, 0.5) is 0 Å². The molecule has 0 aliphatic heterocycles. The number of allylic oxidation sites excluding steroid dienone is 10. The van der Waals surface area contributed by atoms with Gasteiger partial charge in [0, 0.05) is 13.0 Å². The molecule has 0 saturated heterocycles. The third kappa shape index (κ3) is 20.3. The molecule has 27 heavy (non-hydrogen) atoms. The molecule has 1 atom stereocenters. The number of carbonyl (C=O) groups is 1. The maximum Gasteiger partial charge on any atom is 0.220 e. The van der Waals surface area contributed by atoms with E-state index in [9.17, 15) is 4.79 Å². The molecule has 3 N–H and O–H groups in total. The Morgan fingerprint density at radius 3 is 1.81 bits per heavy atom. The van der Waals surface area contributed by atoms with Crippen molar-refractivity contribution in [3.63, 3.8) is 0 Å². The summed E-state index contributed by atoms with van der Waals surface area (Å²) in [4.78, 5) is 11.5. The standard InChI is InChI=1S/C23H37NO3/c1-2-3-4-5-6-7-8-9-10-11-12-13-14-15-16-17-18-19-23(27)24-20-22(26)21-25/h3-4,6-7,9-10,12-13,15-16,22,25-26H,2,5,8,11,14,17-21H2,1H3,(H,24,27)/b4-3-,7-6-,10-9-,13-12-,16-15-. The minimum atomic E-state index is -0.875. The molecule has 0 aliphatic carbocycles. The molecule has 1 unspecified atom stereocenters. The third-order valence-electron chi connectivity index (χ3n) is 3.68. The molecule has 0 rings (SSSR count). The van der Waals surface area contributed by atoms with Gasteiger partial charge in [-0.1, -0.05) is 67.7 Å². The molecule has 0 aromatic heterocycles. The lowest BCUT2D eigenvalue weighted by molar-refractivity contribution is -0.121. The predicted molar refractivity (Wildman–Crippen MR) is 114 cm³/mol. The van der Waals surface area contributed by atoms with Gasteiger partial charge >= 0.3 is 0 Å². The average molecular weight is 376 g/mol. The van der Waals surface area contributed by atoms with Crippen LogP contribution >= 0.6 is 0 Å². The van der Waals surface area contributed by atoms with Crippen LogP contribution in [-0.4, -0.2) is 35.4 Å². The van der Waals surface area contributed by atoms with E-state index in [2.05, 4.69) is 73.0 Å². The molecular weight excluding hydrogens is 338 g/mol. The van der Waals surface area contributed by atoms with Crippen LogP contribution in [0.15, 0.2) is 60.8 Å². The van der Waals surface area contributed by atoms with Gasteiger partial charge in [0.1, 0.15) is 0 Å². The first-order valence-corrected chi connectivity index (χ1v) is 10.0. The molecule has 0 saturated carbocycles. The van der Waals surface area contributed by atoms with Crippen molar-refractivity contribution >= 4 is 5.91 Å². The van der Waals surface area contributed by atoms with Crippen molar-refractivity contribution < 1.29 is 15.0 Å². The predicted octanol–water partition coefficient (Wildman–Crippen LogP) is 4.38. The molecule has 0 heterocycles. The quantitative estimate of drug-likeness (QED) is 0.277. The molecule has 0 bridgehead atoms. The van der Waals surface area contributed by atoms with Crippen molar-refractivity contribution in [3.8, 4) is 0 Å². The lowest BCUT2D eigenvalue weighted by atomic mass is 10.2. The molecule has 4 heteroatoms. The Labute approximate surface area is 165 Å². The third-order valence-corrected chi connectivity index (χ3v) is 3.68. The first-order valence-electron chi connectivity index (χ1n) is 10.0. The number of unbranched alkanes of at least 4 members (excludes halogenated alkanes) is 1. The maximum atomic E-state index is 11.5. The molecule has 0 spiro atoms. The van der Waals surface area contributed by atoms with Crippen molar-refractivity contribution in [2.75, 3.05) is 13.2 Å². The fourth-order valence-corrected chi connectivity index (χ4v) is 2.13. The number of carbonyl (C=O) groups excluding carboxylic acids is 1. The van der Waals surface area contributed by atoms with E-state index < -0.39 is 6.10 Å². The summed E-state index contributed by atoms with van der Waals surface area (Å²) in [5.74, 6) is -0.0881. The number of nitrogens with one attached hydrogen (secondary N) is 1. The van der Waals surface area contributed by atoms with Crippen LogP contribution in [0.2, 0.25) is 0 Å². The summed E-state index contributed by atoms with van der Waals surface area (Å²) < 4.78 is 0. The van der Waals surface area contributed by atoms with E-state index in [1.165, 1.54) is 0 Å². The summed E-state index contributed by atoms with van der Waals surface area (Å²) in [6.07, 6.45) is 27.8. The molecule has 152 valence electrons. The van der Waals surface area contributed by atoms with E-state index in [1.807, 2.05) is 0 Å². The van der Waals surface area contributed by atoms with Gasteiger partial charge in [-0.05, 0) is 44.9 Å². The van der Waals surface area contributed by atoms with Gasteiger partial charge in [0.15, 0.2) is 0 Å². The van der Waals surface area contributed by atoms with Crippen molar-refractivity contribution in [2.24, 2.45) is 0 Å². The monoisotopic (exact) mass is 375 g/mol. The van der Waals surface area contributed by atoms with Crippen LogP contribution in [0.5, 0.6) is 0 Å². The second kappa shape index (κ2) is 20.4. The topological polar surface area (TPSA) is 69.6 Å². The highest BCUT2D eigenvalue weighted by atomic mass is 16.3. The van der Waals surface area contributed by atoms with E-state index in [0.29, 0.717) is 6.42 Å². The summed E-state index contributed by atoms with van der Waals surface area (Å²) in [6, 6.07) is 0. The Kier molecular flexibility index (Phi) is 19.0. The zero-order valence-corrected chi connectivity index (χ0v) is 16.7. The first-order chi connectivity index (χ1) is 13.2. The van der Waals surface area contributed by atoms with Gasteiger partial charge in [0.25, 0.3) is 0 Å². The Morgan fingerprint density at radius 2 is 1.33 bits per heavy atom.